The van der Waals surface area contributed by atoms with Gasteiger partial charge in [-0.3, -0.25) is 24.6 Å². The highest BCUT2D eigenvalue weighted by atomic mass is 19.1. The second kappa shape index (κ2) is 12.8. The van der Waals surface area contributed by atoms with Crippen LogP contribution in [0.25, 0.3) is 39.1 Å². The zero-order chi connectivity index (χ0) is 32.4. The van der Waals surface area contributed by atoms with Crippen LogP contribution in [0.5, 0.6) is 0 Å². The molecule has 1 fully saturated rings. The predicted molar refractivity (Wildman–Crippen MR) is 175 cm³/mol. The molecule has 1 saturated heterocycles. The molecule has 11 nitrogen and oxygen atoms in total. The second-order valence-corrected chi connectivity index (χ2v) is 11.8. The first kappa shape index (κ1) is 30.3. The molecule has 0 bridgehead atoms. The Hall–Kier alpha value is -5.33. The summed E-state index contributed by atoms with van der Waals surface area (Å²) in [6.45, 7) is 2.15. The quantitative estimate of drug-likeness (QED) is 0.255. The molecule has 5 aromatic rings. The van der Waals surface area contributed by atoms with Crippen molar-refractivity contribution in [3.63, 3.8) is 0 Å². The average Bonchev–Trinajstić information content (AvgIpc) is 3.74. The van der Waals surface area contributed by atoms with E-state index in [2.05, 4.69) is 36.5 Å². The van der Waals surface area contributed by atoms with Gasteiger partial charge in [-0.05, 0) is 79.1 Å². The molecule has 0 aliphatic carbocycles. The number of rotatable bonds is 8. The Morgan fingerprint density at radius 3 is 2.55 bits per heavy atom. The Morgan fingerprint density at radius 2 is 1.83 bits per heavy atom. The minimum absolute atomic E-state index is 0.0101. The molecule has 2 amide bonds. The molecule has 0 saturated carbocycles. The summed E-state index contributed by atoms with van der Waals surface area (Å²) in [5.74, 6) is 0.0429. The number of H-pyrrole nitrogens is 1. The SMILES string of the molecule is CO[C@@]1(C(=O)Nc2ccc3[nH]nc(-c4ccc(F)cc4)c3c2)CCN(CC(=O)N2CC=C(c3ccc(-c4ncccn4)cn3)CC2)C1. The number of carbonyl (C=O) groups excluding carboxylic acids is 2. The van der Waals surface area contributed by atoms with Crippen molar-refractivity contribution in [3.05, 3.63) is 96.8 Å². The normalized spacial score (nSPS) is 18.3. The Labute approximate surface area is 270 Å². The lowest BCUT2D eigenvalue weighted by molar-refractivity contribution is -0.138. The number of benzene rings is 2. The summed E-state index contributed by atoms with van der Waals surface area (Å²) in [5, 5.41) is 11.2. The fourth-order valence-electron chi connectivity index (χ4n) is 6.19. The van der Waals surface area contributed by atoms with Crippen molar-refractivity contribution in [2.24, 2.45) is 0 Å². The lowest BCUT2D eigenvalue weighted by Crippen LogP contribution is -2.48. The van der Waals surface area contributed by atoms with Crippen molar-refractivity contribution in [3.8, 4) is 22.6 Å². The van der Waals surface area contributed by atoms with E-state index in [-0.39, 0.29) is 24.2 Å². The number of carbonyl (C=O) groups is 2. The van der Waals surface area contributed by atoms with Crippen molar-refractivity contribution in [1.29, 1.82) is 0 Å². The van der Waals surface area contributed by atoms with Crippen LogP contribution in [-0.4, -0.2) is 92.2 Å². The fraction of sp³-hybridized carbons (Fsp3) is 0.257. The molecule has 12 heteroatoms. The fourth-order valence-corrected chi connectivity index (χ4v) is 6.19. The van der Waals surface area contributed by atoms with Crippen LogP contribution in [0.15, 0.2) is 85.3 Å². The van der Waals surface area contributed by atoms with Gasteiger partial charge in [0.1, 0.15) is 5.82 Å². The number of hydrogen-bond acceptors (Lipinski definition) is 8. The first-order valence-electron chi connectivity index (χ1n) is 15.4. The monoisotopic (exact) mass is 632 g/mol. The van der Waals surface area contributed by atoms with Crippen molar-refractivity contribution in [2.45, 2.75) is 18.4 Å². The molecule has 2 aromatic carbocycles. The number of amides is 2. The predicted octanol–water partition coefficient (Wildman–Crippen LogP) is 4.57. The number of nitrogens with one attached hydrogen (secondary N) is 2. The van der Waals surface area contributed by atoms with Crippen molar-refractivity contribution < 1.29 is 18.7 Å². The van der Waals surface area contributed by atoms with Gasteiger partial charge >= 0.3 is 0 Å². The number of pyridine rings is 1. The molecule has 0 radical (unpaired) electrons. The first-order valence-corrected chi connectivity index (χ1v) is 15.4. The maximum Gasteiger partial charge on any atom is 0.258 e. The van der Waals surface area contributed by atoms with E-state index in [0.29, 0.717) is 56.2 Å². The Morgan fingerprint density at radius 1 is 1.02 bits per heavy atom. The standard InChI is InChI=1S/C35H33FN8O3/c1-47-35(34(46)40-27-8-10-30-28(19-27)32(42-41-30)24-3-6-26(36)7-4-24)13-18-43(22-35)21-31(45)44-16-11-23(12-17-44)29-9-5-25(20-39-29)33-37-14-2-15-38-33/h2-11,14-15,19-20H,12-13,16-18,21-22H2,1H3,(H,40,46)(H,41,42)/t35-/m0/s1. The molecule has 47 heavy (non-hydrogen) atoms. The Kier molecular flexibility index (Phi) is 8.27. The van der Waals surface area contributed by atoms with Gasteiger partial charge in [0.25, 0.3) is 5.91 Å². The smallest absolute Gasteiger partial charge is 0.258 e. The van der Waals surface area contributed by atoms with Crippen molar-refractivity contribution in [1.82, 2.24) is 34.9 Å². The van der Waals surface area contributed by atoms with Crippen LogP contribution in [0.1, 0.15) is 18.5 Å². The second-order valence-electron chi connectivity index (χ2n) is 11.8. The topological polar surface area (TPSA) is 129 Å². The van der Waals surface area contributed by atoms with E-state index in [4.69, 9.17) is 4.74 Å². The molecule has 7 rings (SSSR count). The number of halogens is 1. The first-order chi connectivity index (χ1) is 22.9. The maximum absolute atomic E-state index is 13.6. The van der Waals surface area contributed by atoms with E-state index in [1.54, 1.807) is 42.9 Å². The summed E-state index contributed by atoms with van der Waals surface area (Å²) in [6.07, 6.45) is 8.39. The van der Waals surface area contributed by atoms with E-state index in [1.165, 1.54) is 19.2 Å². The van der Waals surface area contributed by atoms with Crippen LogP contribution in [0.4, 0.5) is 10.1 Å². The van der Waals surface area contributed by atoms with Crippen LogP contribution in [0.2, 0.25) is 0 Å². The van der Waals surface area contributed by atoms with Crippen LogP contribution >= 0.6 is 0 Å². The molecular weight excluding hydrogens is 599 g/mol. The lowest BCUT2D eigenvalue weighted by atomic mass is 10.0. The molecule has 2 aliphatic heterocycles. The summed E-state index contributed by atoms with van der Waals surface area (Å²) < 4.78 is 19.3. The minimum atomic E-state index is -1.09. The van der Waals surface area contributed by atoms with Crippen molar-refractivity contribution >= 4 is 34.0 Å². The number of ether oxygens (including phenoxy) is 1. The van der Waals surface area contributed by atoms with Crippen LogP contribution < -0.4 is 5.32 Å². The average molecular weight is 633 g/mol. The highest BCUT2D eigenvalue weighted by molar-refractivity contribution is 6.01. The van der Waals surface area contributed by atoms with Crippen LogP contribution in [0, 0.1) is 5.82 Å². The summed E-state index contributed by atoms with van der Waals surface area (Å²) >= 11 is 0. The number of aromatic amines is 1. The summed E-state index contributed by atoms with van der Waals surface area (Å²) in [7, 11) is 1.53. The van der Waals surface area contributed by atoms with E-state index in [1.807, 2.05) is 34.1 Å². The van der Waals surface area contributed by atoms with Gasteiger partial charge in [-0.2, -0.15) is 5.10 Å². The summed E-state index contributed by atoms with van der Waals surface area (Å²) in [5.41, 5.74) is 4.54. The molecule has 5 heterocycles. The molecular formula is C35H33FN8O3. The van der Waals surface area contributed by atoms with Gasteiger partial charge in [0.15, 0.2) is 11.4 Å². The largest absolute Gasteiger partial charge is 0.367 e. The van der Waals surface area contributed by atoms with E-state index in [0.717, 1.165) is 33.3 Å². The van der Waals surface area contributed by atoms with Crippen molar-refractivity contribution in [2.75, 3.05) is 45.2 Å². The van der Waals surface area contributed by atoms with Crippen LogP contribution in [-0.2, 0) is 14.3 Å². The van der Waals surface area contributed by atoms with Gasteiger partial charge in [0, 0.05) is 74.1 Å². The molecule has 238 valence electrons. The number of hydrogen-bond donors (Lipinski definition) is 2. The van der Waals surface area contributed by atoms with Gasteiger partial charge in [0.2, 0.25) is 5.91 Å². The maximum atomic E-state index is 13.6. The van der Waals surface area contributed by atoms with Gasteiger partial charge in [-0.1, -0.05) is 6.08 Å². The number of fused-ring (bicyclic) bond motifs is 1. The number of anilines is 1. The molecule has 0 unspecified atom stereocenters. The third-order valence-corrected chi connectivity index (χ3v) is 8.89. The van der Waals surface area contributed by atoms with Gasteiger partial charge in [-0.15, -0.1) is 0 Å². The highest BCUT2D eigenvalue weighted by Gasteiger charge is 2.45. The number of aromatic nitrogens is 5. The number of nitrogens with zero attached hydrogens (tertiary/aromatic N) is 6. The zero-order valence-electron chi connectivity index (χ0n) is 25.8. The third kappa shape index (κ3) is 6.25. The van der Waals surface area contributed by atoms with E-state index < -0.39 is 5.60 Å². The number of methoxy groups -OCH3 is 1. The van der Waals surface area contributed by atoms with Gasteiger partial charge in [-0.25, -0.2) is 14.4 Å². The highest BCUT2D eigenvalue weighted by Crippen LogP contribution is 2.31. The number of likely N-dealkylation sites (tertiary alicyclic amines) is 1. The van der Waals surface area contributed by atoms with Gasteiger partial charge < -0.3 is 15.0 Å². The zero-order valence-corrected chi connectivity index (χ0v) is 25.8. The van der Waals surface area contributed by atoms with E-state index >= 15 is 0 Å². The van der Waals surface area contributed by atoms with Crippen LogP contribution in [0.3, 0.4) is 0 Å². The Balaban J connectivity index is 0.960. The molecule has 2 N–H and O–H groups in total. The minimum Gasteiger partial charge on any atom is -0.367 e. The van der Waals surface area contributed by atoms with Gasteiger partial charge in [0.05, 0.1) is 23.4 Å². The molecule has 3 aromatic heterocycles. The summed E-state index contributed by atoms with van der Waals surface area (Å²) in [6, 6.07) is 17.3. The molecule has 2 aliphatic rings. The third-order valence-electron chi connectivity index (χ3n) is 8.89. The summed E-state index contributed by atoms with van der Waals surface area (Å²) in [4.78, 5) is 43.8. The molecule has 1 atom stereocenters. The lowest BCUT2D eigenvalue weighted by Gasteiger charge is -2.29. The molecule has 0 spiro atoms. The van der Waals surface area contributed by atoms with E-state index in [9.17, 15) is 14.0 Å². The Bertz CT molecular complexity index is 1950.